The normalized spacial score (nSPS) is 21.9. The number of hydrogen-bond donors (Lipinski definition) is 0. The van der Waals surface area contributed by atoms with Gasteiger partial charge in [0.15, 0.2) is 11.6 Å². The van der Waals surface area contributed by atoms with Crippen LogP contribution in [0, 0.1) is 17.6 Å². The summed E-state index contributed by atoms with van der Waals surface area (Å²) in [7, 11) is 0. The third kappa shape index (κ3) is 4.98. The molecule has 2 aromatic rings. The van der Waals surface area contributed by atoms with E-state index >= 15 is 0 Å². The van der Waals surface area contributed by atoms with Gasteiger partial charge in [-0.05, 0) is 80.0 Å². The molecule has 29 heavy (non-hydrogen) atoms. The standard InChI is InChI=1S/C25H30F2O2/c1-2-15-28-23-14-13-22(24(26)25(23)27)20-7-5-18(6-8-20)19-9-11-21(12-10-19)29-16-17-3-4-17/h5-8,13-14,17,19,21H,2-4,9-12,15-16H2,1H3. The Bertz CT molecular complexity index is 806. The van der Waals surface area contributed by atoms with E-state index in [2.05, 4.69) is 12.1 Å². The Morgan fingerprint density at radius 2 is 1.59 bits per heavy atom. The van der Waals surface area contributed by atoms with Gasteiger partial charge < -0.3 is 9.47 Å². The molecular weight excluding hydrogens is 370 g/mol. The van der Waals surface area contributed by atoms with Gasteiger partial charge in [0.25, 0.3) is 0 Å². The molecule has 0 saturated heterocycles. The van der Waals surface area contributed by atoms with Crippen molar-refractivity contribution in [2.45, 2.75) is 63.9 Å². The van der Waals surface area contributed by atoms with Crippen molar-refractivity contribution in [3.05, 3.63) is 53.6 Å². The first-order valence-electron chi connectivity index (χ1n) is 11.0. The van der Waals surface area contributed by atoms with E-state index in [0.29, 0.717) is 24.2 Å². The summed E-state index contributed by atoms with van der Waals surface area (Å²) in [5, 5.41) is 0. The third-order valence-corrected chi connectivity index (χ3v) is 6.14. The Kier molecular flexibility index (Phi) is 6.49. The van der Waals surface area contributed by atoms with Crippen LogP contribution < -0.4 is 4.74 Å². The first-order valence-corrected chi connectivity index (χ1v) is 11.0. The zero-order valence-corrected chi connectivity index (χ0v) is 17.1. The maximum absolute atomic E-state index is 14.5. The minimum atomic E-state index is -0.912. The Balaban J connectivity index is 1.38. The van der Waals surface area contributed by atoms with Crippen LogP contribution in [0.1, 0.15) is 63.4 Å². The number of ether oxygens (including phenoxy) is 2. The van der Waals surface area contributed by atoms with E-state index in [1.54, 1.807) is 6.07 Å². The number of rotatable bonds is 8. The van der Waals surface area contributed by atoms with Gasteiger partial charge in [-0.15, -0.1) is 0 Å². The third-order valence-electron chi connectivity index (χ3n) is 6.14. The fourth-order valence-corrected chi connectivity index (χ4v) is 4.13. The average Bonchev–Trinajstić information content (AvgIpc) is 3.59. The smallest absolute Gasteiger partial charge is 0.201 e. The summed E-state index contributed by atoms with van der Waals surface area (Å²) in [6, 6.07) is 11.0. The molecule has 2 aliphatic carbocycles. The lowest BCUT2D eigenvalue weighted by Crippen LogP contribution is -2.21. The summed E-state index contributed by atoms with van der Waals surface area (Å²) >= 11 is 0. The molecule has 2 nitrogen and oxygen atoms in total. The lowest BCUT2D eigenvalue weighted by molar-refractivity contribution is 0.0186. The highest BCUT2D eigenvalue weighted by Crippen LogP contribution is 2.37. The molecule has 4 heteroatoms. The first-order chi connectivity index (χ1) is 14.2. The van der Waals surface area contributed by atoms with Crippen LogP contribution >= 0.6 is 0 Å². The Morgan fingerprint density at radius 1 is 0.862 bits per heavy atom. The minimum Gasteiger partial charge on any atom is -0.490 e. The first kappa shape index (κ1) is 20.3. The highest BCUT2D eigenvalue weighted by atomic mass is 19.2. The van der Waals surface area contributed by atoms with Gasteiger partial charge in [0, 0.05) is 12.2 Å². The Morgan fingerprint density at radius 3 is 2.24 bits per heavy atom. The van der Waals surface area contributed by atoms with Crippen LogP contribution in [-0.2, 0) is 4.74 Å². The summed E-state index contributed by atoms with van der Waals surface area (Å²) in [6.07, 6.45) is 8.30. The molecule has 0 radical (unpaired) electrons. The molecule has 0 amide bonds. The van der Waals surface area contributed by atoms with Crippen LogP contribution in [0.4, 0.5) is 8.78 Å². The molecule has 0 unspecified atom stereocenters. The highest BCUT2D eigenvalue weighted by Gasteiger charge is 2.26. The summed E-state index contributed by atoms with van der Waals surface area (Å²) < 4.78 is 40.1. The van der Waals surface area contributed by atoms with Crippen molar-refractivity contribution in [1.82, 2.24) is 0 Å². The molecule has 0 aromatic heterocycles. The highest BCUT2D eigenvalue weighted by molar-refractivity contribution is 5.65. The van der Waals surface area contributed by atoms with Crippen LogP contribution in [0.25, 0.3) is 11.1 Å². The Labute approximate surface area is 172 Å². The van der Waals surface area contributed by atoms with Crippen LogP contribution in [0.15, 0.2) is 36.4 Å². The van der Waals surface area contributed by atoms with Crippen LogP contribution in [0.5, 0.6) is 5.75 Å². The van der Waals surface area contributed by atoms with Crippen molar-refractivity contribution in [2.24, 2.45) is 5.92 Å². The summed E-state index contributed by atoms with van der Waals surface area (Å²) in [5.74, 6) is -0.441. The maximum Gasteiger partial charge on any atom is 0.201 e. The summed E-state index contributed by atoms with van der Waals surface area (Å²) in [4.78, 5) is 0. The molecule has 2 aromatic carbocycles. The van der Waals surface area contributed by atoms with E-state index in [4.69, 9.17) is 9.47 Å². The molecule has 0 spiro atoms. The van der Waals surface area contributed by atoms with E-state index in [9.17, 15) is 8.78 Å². The molecule has 156 valence electrons. The molecular formula is C25H30F2O2. The van der Waals surface area contributed by atoms with Crippen molar-refractivity contribution in [3.8, 4) is 16.9 Å². The van der Waals surface area contributed by atoms with Crippen molar-refractivity contribution in [3.63, 3.8) is 0 Å². The second kappa shape index (κ2) is 9.25. The number of hydrogen-bond acceptors (Lipinski definition) is 2. The van der Waals surface area contributed by atoms with Crippen molar-refractivity contribution in [1.29, 1.82) is 0 Å². The molecule has 2 fully saturated rings. The molecule has 0 aliphatic heterocycles. The van der Waals surface area contributed by atoms with Gasteiger partial charge in [-0.25, -0.2) is 4.39 Å². The van der Waals surface area contributed by atoms with Crippen molar-refractivity contribution < 1.29 is 18.3 Å². The molecule has 0 bridgehead atoms. The van der Waals surface area contributed by atoms with Crippen molar-refractivity contribution >= 4 is 0 Å². The molecule has 0 heterocycles. The molecule has 4 rings (SSSR count). The maximum atomic E-state index is 14.5. The van der Waals surface area contributed by atoms with E-state index in [0.717, 1.165) is 44.6 Å². The van der Waals surface area contributed by atoms with Gasteiger partial charge in [-0.3, -0.25) is 0 Å². The molecule has 2 aliphatic rings. The topological polar surface area (TPSA) is 18.5 Å². The van der Waals surface area contributed by atoms with Gasteiger partial charge in [-0.2, -0.15) is 4.39 Å². The summed E-state index contributed by atoms with van der Waals surface area (Å²) in [5.41, 5.74) is 2.24. The molecule has 0 N–H and O–H groups in total. The van der Waals surface area contributed by atoms with Gasteiger partial charge >= 0.3 is 0 Å². The SMILES string of the molecule is CCCOc1ccc(-c2ccc(C3CCC(OCC4CC4)CC3)cc2)c(F)c1F. The van der Waals surface area contributed by atoms with Crippen LogP contribution in [0.2, 0.25) is 0 Å². The fourth-order valence-electron chi connectivity index (χ4n) is 4.13. The average molecular weight is 401 g/mol. The van der Waals surface area contributed by atoms with Crippen LogP contribution in [0.3, 0.4) is 0 Å². The molecule has 2 saturated carbocycles. The zero-order chi connectivity index (χ0) is 20.2. The predicted octanol–water partition coefficient (Wildman–Crippen LogP) is 6.87. The van der Waals surface area contributed by atoms with E-state index in [1.807, 2.05) is 19.1 Å². The second-order valence-electron chi connectivity index (χ2n) is 8.46. The van der Waals surface area contributed by atoms with Gasteiger partial charge in [0.05, 0.1) is 12.7 Å². The minimum absolute atomic E-state index is 0.0228. The predicted molar refractivity (Wildman–Crippen MR) is 111 cm³/mol. The van der Waals surface area contributed by atoms with Crippen LogP contribution in [-0.4, -0.2) is 19.3 Å². The lowest BCUT2D eigenvalue weighted by Gasteiger charge is -2.29. The zero-order valence-electron chi connectivity index (χ0n) is 17.1. The largest absolute Gasteiger partial charge is 0.490 e. The lowest BCUT2D eigenvalue weighted by atomic mass is 9.82. The quantitative estimate of drug-likeness (QED) is 0.481. The second-order valence-corrected chi connectivity index (χ2v) is 8.46. The van der Waals surface area contributed by atoms with E-state index in [-0.39, 0.29) is 11.3 Å². The number of halogens is 2. The Hall–Kier alpha value is -1.94. The summed E-state index contributed by atoms with van der Waals surface area (Å²) in [6.45, 7) is 3.24. The molecule has 0 atom stereocenters. The van der Waals surface area contributed by atoms with E-state index in [1.165, 1.54) is 24.5 Å². The van der Waals surface area contributed by atoms with Crippen molar-refractivity contribution in [2.75, 3.05) is 13.2 Å². The fraction of sp³-hybridized carbons (Fsp3) is 0.520. The van der Waals surface area contributed by atoms with E-state index < -0.39 is 11.6 Å². The van der Waals surface area contributed by atoms with Gasteiger partial charge in [0.2, 0.25) is 5.82 Å². The number of benzene rings is 2. The monoisotopic (exact) mass is 400 g/mol. The van der Waals surface area contributed by atoms with Gasteiger partial charge in [-0.1, -0.05) is 31.2 Å². The van der Waals surface area contributed by atoms with Gasteiger partial charge in [0.1, 0.15) is 0 Å².